The Kier molecular flexibility index (Phi) is 19.2. The van der Waals surface area contributed by atoms with Crippen molar-refractivity contribution >= 4 is 0 Å². The summed E-state index contributed by atoms with van der Waals surface area (Å²) in [6.07, 6.45) is 23.0. The lowest BCUT2D eigenvalue weighted by Gasteiger charge is -2.03. The zero-order chi connectivity index (χ0) is 17.0. The van der Waals surface area contributed by atoms with Crippen LogP contribution in [0.3, 0.4) is 0 Å². The molecule has 1 N–H and O–H groups in total. The van der Waals surface area contributed by atoms with Crippen molar-refractivity contribution < 1.29 is 5.11 Å². The van der Waals surface area contributed by atoms with Crippen LogP contribution in [-0.2, 0) is 0 Å². The van der Waals surface area contributed by atoms with Gasteiger partial charge in [-0.2, -0.15) is 0 Å². The highest BCUT2D eigenvalue weighted by Gasteiger charge is 1.94. The van der Waals surface area contributed by atoms with E-state index >= 15 is 0 Å². The van der Waals surface area contributed by atoms with Crippen LogP contribution in [-0.4, -0.2) is 11.2 Å². The van der Waals surface area contributed by atoms with E-state index in [4.69, 9.17) is 5.11 Å². The molecule has 1 heteroatoms. The highest BCUT2D eigenvalue weighted by molar-refractivity contribution is 5.02. The number of hydrogen-bond acceptors (Lipinski definition) is 1. The van der Waals surface area contributed by atoms with Gasteiger partial charge in [0.05, 0.1) is 0 Å². The van der Waals surface area contributed by atoms with Crippen molar-refractivity contribution in [1.29, 1.82) is 0 Å². The van der Waals surface area contributed by atoms with Crippen LogP contribution in [0.2, 0.25) is 0 Å². The van der Waals surface area contributed by atoms with E-state index in [1.165, 1.54) is 103 Å². The maximum Gasteiger partial charge on any atom is 0.111 e. The molecule has 0 aromatic carbocycles. The standard InChI is InChI=1S/C22H42O/c1-3-4-5-6-7-8-9-10-11-12-13-14-15-16-17-18-19-20-21-22(2)23/h22-23H,3-19H2,1-2H3. The summed E-state index contributed by atoms with van der Waals surface area (Å²) in [5, 5.41) is 9.01. The van der Waals surface area contributed by atoms with Crippen LogP contribution in [0.25, 0.3) is 0 Å². The van der Waals surface area contributed by atoms with Crippen molar-refractivity contribution in [2.75, 3.05) is 0 Å². The van der Waals surface area contributed by atoms with E-state index in [2.05, 4.69) is 18.8 Å². The second-order valence-corrected chi connectivity index (χ2v) is 7.05. The summed E-state index contributed by atoms with van der Waals surface area (Å²) in [6, 6.07) is 0. The normalized spacial score (nSPS) is 12.0. The number of aliphatic hydroxyl groups is 1. The van der Waals surface area contributed by atoms with Crippen LogP contribution < -0.4 is 0 Å². The lowest BCUT2D eigenvalue weighted by Crippen LogP contribution is -1.92. The molecule has 0 saturated heterocycles. The monoisotopic (exact) mass is 322 g/mol. The summed E-state index contributed by atoms with van der Waals surface area (Å²) < 4.78 is 0. The lowest BCUT2D eigenvalue weighted by atomic mass is 10.0. The van der Waals surface area contributed by atoms with Crippen LogP contribution >= 0.6 is 0 Å². The third kappa shape index (κ3) is 21.5. The first kappa shape index (κ1) is 22.5. The first-order valence-corrected chi connectivity index (χ1v) is 10.4. The fraction of sp³-hybridized carbons (Fsp3) is 0.909. The Morgan fingerprint density at radius 3 is 1.30 bits per heavy atom. The van der Waals surface area contributed by atoms with Gasteiger partial charge in [0.15, 0.2) is 0 Å². The molecular formula is C22H42O. The Morgan fingerprint density at radius 1 is 0.609 bits per heavy atom. The van der Waals surface area contributed by atoms with E-state index in [0.29, 0.717) is 0 Å². The average molecular weight is 323 g/mol. The summed E-state index contributed by atoms with van der Waals surface area (Å²) in [5.41, 5.74) is 0. The van der Waals surface area contributed by atoms with Crippen molar-refractivity contribution in [3.05, 3.63) is 0 Å². The molecule has 0 fully saturated rings. The van der Waals surface area contributed by atoms with Gasteiger partial charge in [-0.25, -0.2) is 0 Å². The molecule has 23 heavy (non-hydrogen) atoms. The van der Waals surface area contributed by atoms with Crippen molar-refractivity contribution in [1.82, 2.24) is 0 Å². The summed E-state index contributed by atoms with van der Waals surface area (Å²) in [7, 11) is 0. The van der Waals surface area contributed by atoms with Gasteiger partial charge in [-0.15, -0.1) is 5.92 Å². The van der Waals surface area contributed by atoms with E-state index in [9.17, 15) is 0 Å². The van der Waals surface area contributed by atoms with Crippen LogP contribution in [0, 0.1) is 11.8 Å². The molecule has 0 radical (unpaired) electrons. The minimum absolute atomic E-state index is 0.462. The molecule has 0 aromatic heterocycles. The minimum Gasteiger partial charge on any atom is -0.381 e. The Bertz CT molecular complexity index is 271. The van der Waals surface area contributed by atoms with E-state index in [0.717, 1.165) is 6.42 Å². The Labute approximate surface area is 146 Å². The first-order chi connectivity index (χ1) is 11.3. The van der Waals surface area contributed by atoms with Gasteiger partial charge in [0, 0.05) is 6.42 Å². The molecule has 0 rings (SSSR count). The molecule has 0 saturated carbocycles. The molecular weight excluding hydrogens is 280 g/mol. The molecule has 0 amide bonds. The summed E-state index contributed by atoms with van der Waals surface area (Å²) in [5.74, 6) is 5.84. The van der Waals surface area contributed by atoms with Gasteiger partial charge in [-0.3, -0.25) is 0 Å². The molecule has 1 nitrogen and oxygen atoms in total. The second-order valence-electron chi connectivity index (χ2n) is 7.05. The molecule has 0 aromatic rings. The van der Waals surface area contributed by atoms with Crippen LogP contribution in [0.4, 0.5) is 0 Å². The summed E-state index contributed by atoms with van der Waals surface area (Å²) in [4.78, 5) is 0. The largest absolute Gasteiger partial charge is 0.381 e. The zero-order valence-electron chi connectivity index (χ0n) is 16.0. The SMILES string of the molecule is CCCCCCCCCCCCCCCCCCC#CC(C)O. The Hall–Kier alpha value is -0.480. The second kappa shape index (κ2) is 19.6. The maximum atomic E-state index is 9.01. The fourth-order valence-corrected chi connectivity index (χ4v) is 2.98. The van der Waals surface area contributed by atoms with Gasteiger partial charge in [0.2, 0.25) is 0 Å². The molecule has 1 unspecified atom stereocenters. The van der Waals surface area contributed by atoms with Crippen molar-refractivity contribution in [2.24, 2.45) is 0 Å². The third-order valence-electron chi connectivity index (χ3n) is 4.47. The molecule has 0 heterocycles. The van der Waals surface area contributed by atoms with Gasteiger partial charge in [0.25, 0.3) is 0 Å². The summed E-state index contributed by atoms with van der Waals surface area (Å²) >= 11 is 0. The molecule has 0 spiro atoms. The molecule has 1 atom stereocenters. The highest BCUT2D eigenvalue weighted by Crippen LogP contribution is 2.13. The number of aliphatic hydroxyl groups excluding tert-OH is 1. The van der Waals surface area contributed by atoms with Crippen LogP contribution in [0.15, 0.2) is 0 Å². The predicted octanol–water partition coefficient (Wildman–Crippen LogP) is 7.02. The third-order valence-corrected chi connectivity index (χ3v) is 4.47. The average Bonchev–Trinajstić information content (AvgIpc) is 2.53. The molecule has 0 aliphatic carbocycles. The van der Waals surface area contributed by atoms with Crippen molar-refractivity contribution in [3.8, 4) is 11.8 Å². The maximum absolute atomic E-state index is 9.01. The lowest BCUT2D eigenvalue weighted by molar-refractivity contribution is 0.253. The first-order valence-electron chi connectivity index (χ1n) is 10.4. The minimum atomic E-state index is -0.462. The molecule has 0 aliphatic rings. The Balaban J connectivity index is 3.02. The zero-order valence-corrected chi connectivity index (χ0v) is 16.0. The predicted molar refractivity (Wildman–Crippen MR) is 104 cm³/mol. The van der Waals surface area contributed by atoms with Gasteiger partial charge >= 0.3 is 0 Å². The number of rotatable bonds is 16. The van der Waals surface area contributed by atoms with E-state index < -0.39 is 6.10 Å². The summed E-state index contributed by atoms with van der Waals surface area (Å²) in [6.45, 7) is 4.01. The quantitative estimate of drug-likeness (QED) is 0.239. The fourth-order valence-electron chi connectivity index (χ4n) is 2.98. The number of hydrogen-bond donors (Lipinski definition) is 1. The highest BCUT2D eigenvalue weighted by atomic mass is 16.3. The topological polar surface area (TPSA) is 20.2 Å². The number of unbranched alkanes of at least 4 members (excludes halogenated alkanes) is 16. The van der Waals surface area contributed by atoms with Gasteiger partial charge in [-0.05, 0) is 13.3 Å². The van der Waals surface area contributed by atoms with Gasteiger partial charge < -0.3 is 5.11 Å². The van der Waals surface area contributed by atoms with E-state index in [-0.39, 0.29) is 0 Å². The molecule has 0 bridgehead atoms. The smallest absolute Gasteiger partial charge is 0.111 e. The van der Waals surface area contributed by atoms with Crippen molar-refractivity contribution in [2.45, 2.75) is 129 Å². The molecule has 0 aliphatic heterocycles. The van der Waals surface area contributed by atoms with Crippen molar-refractivity contribution in [3.63, 3.8) is 0 Å². The van der Waals surface area contributed by atoms with E-state index in [1.807, 2.05) is 0 Å². The van der Waals surface area contributed by atoms with E-state index in [1.54, 1.807) is 6.92 Å². The van der Waals surface area contributed by atoms with Crippen LogP contribution in [0.1, 0.15) is 123 Å². The van der Waals surface area contributed by atoms with Gasteiger partial charge in [0.1, 0.15) is 6.10 Å². The Morgan fingerprint density at radius 2 is 0.957 bits per heavy atom. The van der Waals surface area contributed by atoms with Gasteiger partial charge in [-0.1, -0.05) is 109 Å². The molecule has 136 valence electrons. The van der Waals surface area contributed by atoms with Crippen LogP contribution in [0.5, 0.6) is 0 Å².